The Morgan fingerprint density at radius 3 is 2.60 bits per heavy atom. The SMILES string of the molecule is COCCCNC(=O)NCC1(c2ccc(F)cc2)CC1. The van der Waals surface area contributed by atoms with E-state index >= 15 is 0 Å². The number of benzene rings is 1. The second-order valence-electron chi connectivity index (χ2n) is 5.24. The average molecular weight is 280 g/mol. The van der Waals surface area contributed by atoms with Crippen LogP contribution in [0.3, 0.4) is 0 Å². The summed E-state index contributed by atoms with van der Waals surface area (Å²) in [5, 5.41) is 5.68. The van der Waals surface area contributed by atoms with Crippen molar-refractivity contribution in [1.29, 1.82) is 0 Å². The fourth-order valence-electron chi connectivity index (χ4n) is 2.25. The Hall–Kier alpha value is -1.62. The van der Waals surface area contributed by atoms with Gasteiger partial charge in [-0.25, -0.2) is 9.18 Å². The minimum absolute atomic E-state index is 0.00241. The van der Waals surface area contributed by atoms with Gasteiger partial charge in [0.15, 0.2) is 0 Å². The van der Waals surface area contributed by atoms with Crippen molar-refractivity contribution in [3.8, 4) is 0 Å². The van der Waals surface area contributed by atoms with Gasteiger partial charge in [-0.2, -0.15) is 0 Å². The van der Waals surface area contributed by atoms with Gasteiger partial charge in [0.05, 0.1) is 0 Å². The van der Waals surface area contributed by atoms with Crippen LogP contribution >= 0.6 is 0 Å². The Balaban J connectivity index is 1.76. The summed E-state index contributed by atoms with van der Waals surface area (Å²) in [7, 11) is 1.64. The van der Waals surface area contributed by atoms with Crippen LogP contribution in [0.25, 0.3) is 0 Å². The second-order valence-corrected chi connectivity index (χ2v) is 5.24. The molecular formula is C15H21FN2O2. The fourth-order valence-corrected chi connectivity index (χ4v) is 2.25. The van der Waals surface area contributed by atoms with E-state index in [1.54, 1.807) is 19.2 Å². The Morgan fingerprint density at radius 2 is 2.00 bits per heavy atom. The van der Waals surface area contributed by atoms with Gasteiger partial charge in [-0.15, -0.1) is 0 Å². The molecule has 1 aliphatic rings. The highest BCUT2D eigenvalue weighted by Gasteiger charge is 2.44. The molecule has 0 aliphatic heterocycles. The van der Waals surface area contributed by atoms with Gasteiger partial charge < -0.3 is 15.4 Å². The molecule has 2 rings (SSSR count). The van der Waals surface area contributed by atoms with Gasteiger partial charge in [0.25, 0.3) is 0 Å². The molecule has 110 valence electrons. The summed E-state index contributed by atoms with van der Waals surface area (Å²) in [6.45, 7) is 1.83. The van der Waals surface area contributed by atoms with E-state index in [2.05, 4.69) is 10.6 Å². The number of methoxy groups -OCH3 is 1. The van der Waals surface area contributed by atoms with Gasteiger partial charge in [-0.3, -0.25) is 0 Å². The molecule has 0 atom stereocenters. The van der Waals surface area contributed by atoms with Gasteiger partial charge in [-0.1, -0.05) is 12.1 Å². The van der Waals surface area contributed by atoms with E-state index in [4.69, 9.17) is 4.74 Å². The second kappa shape index (κ2) is 6.70. The first-order valence-electron chi connectivity index (χ1n) is 6.93. The Kier molecular flexibility index (Phi) is 4.95. The Bertz CT molecular complexity index is 444. The molecule has 0 saturated heterocycles. The molecule has 20 heavy (non-hydrogen) atoms. The lowest BCUT2D eigenvalue weighted by Crippen LogP contribution is -2.40. The molecule has 0 heterocycles. The van der Waals surface area contributed by atoms with Gasteiger partial charge in [-0.05, 0) is 37.0 Å². The molecular weight excluding hydrogens is 259 g/mol. The normalized spacial score (nSPS) is 15.7. The van der Waals surface area contributed by atoms with Crippen molar-refractivity contribution in [3.05, 3.63) is 35.6 Å². The maximum absolute atomic E-state index is 12.9. The van der Waals surface area contributed by atoms with Crippen molar-refractivity contribution in [2.45, 2.75) is 24.7 Å². The Morgan fingerprint density at radius 1 is 1.30 bits per heavy atom. The first-order chi connectivity index (χ1) is 9.66. The molecule has 2 N–H and O–H groups in total. The number of halogens is 1. The summed E-state index contributed by atoms with van der Waals surface area (Å²) in [6.07, 6.45) is 2.86. The quantitative estimate of drug-likeness (QED) is 0.752. The zero-order chi connectivity index (χ0) is 14.4. The third-order valence-corrected chi connectivity index (χ3v) is 3.71. The van der Waals surface area contributed by atoms with Crippen LogP contribution < -0.4 is 10.6 Å². The van der Waals surface area contributed by atoms with Crippen LogP contribution in [-0.2, 0) is 10.2 Å². The summed E-state index contributed by atoms with van der Waals surface area (Å²) in [5.41, 5.74) is 1.09. The van der Waals surface area contributed by atoms with Gasteiger partial charge in [0.1, 0.15) is 5.82 Å². The molecule has 0 bridgehead atoms. The van der Waals surface area contributed by atoms with E-state index in [0.29, 0.717) is 19.7 Å². The maximum atomic E-state index is 12.9. The van der Waals surface area contributed by atoms with E-state index in [9.17, 15) is 9.18 Å². The molecule has 1 aliphatic carbocycles. The van der Waals surface area contributed by atoms with Crippen LogP contribution in [0.4, 0.5) is 9.18 Å². The van der Waals surface area contributed by atoms with Gasteiger partial charge in [0, 0.05) is 32.2 Å². The number of urea groups is 1. The molecule has 4 nitrogen and oxygen atoms in total. The van der Waals surface area contributed by atoms with Gasteiger partial charge in [0.2, 0.25) is 0 Å². The van der Waals surface area contributed by atoms with E-state index in [1.165, 1.54) is 12.1 Å². The lowest BCUT2D eigenvalue weighted by molar-refractivity contribution is 0.193. The van der Waals surface area contributed by atoms with E-state index in [-0.39, 0.29) is 17.3 Å². The summed E-state index contributed by atoms with van der Waals surface area (Å²) >= 11 is 0. The number of amides is 2. The molecule has 0 spiro atoms. The van der Waals surface area contributed by atoms with Crippen LogP contribution in [-0.4, -0.2) is 32.8 Å². The standard InChI is InChI=1S/C15H21FN2O2/c1-20-10-2-9-17-14(19)18-11-15(7-8-15)12-3-5-13(16)6-4-12/h3-6H,2,7-11H2,1H3,(H2,17,18,19). The smallest absolute Gasteiger partial charge is 0.314 e. The molecule has 5 heteroatoms. The lowest BCUT2D eigenvalue weighted by atomic mass is 9.96. The number of nitrogens with one attached hydrogen (secondary N) is 2. The molecule has 1 aromatic carbocycles. The summed E-state index contributed by atoms with van der Waals surface area (Å²) in [4.78, 5) is 11.6. The number of hydrogen-bond acceptors (Lipinski definition) is 2. The van der Waals surface area contributed by atoms with Crippen molar-refractivity contribution >= 4 is 6.03 Å². The van der Waals surface area contributed by atoms with Crippen molar-refractivity contribution in [3.63, 3.8) is 0 Å². The minimum Gasteiger partial charge on any atom is -0.385 e. The summed E-state index contributed by atoms with van der Waals surface area (Å²) in [5.74, 6) is -0.228. The number of hydrogen-bond donors (Lipinski definition) is 2. The predicted molar refractivity (Wildman–Crippen MR) is 75.2 cm³/mol. The monoisotopic (exact) mass is 280 g/mol. The maximum Gasteiger partial charge on any atom is 0.314 e. The topological polar surface area (TPSA) is 50.4 Å². The Labute approximate surface area is 118 Å². The van der Waals surface area contributed by atoms with Crippen LogP contribution in [0.1, 0.15) is 24.8 Å². The van der Waals surface area contributed by atoms with Crippen molar-refractivity contribution in [2.75, 3.05) is 26.8 Å². The number of carbonyl (C=O) groups is 1. The number of carbonyl (C=O) groups excluding carboxylic acids is 1. The van der Waals surface area contributed by atoms with E-state index in [0.717, 1.165) is 24.8 Å². The average Bonchev–Trinajstić information content (AvgIpc) is 3.23. The molecule has 2 amide bonds. The third-order valence-electron chi connectivity index (χ3n) is 3.71. The van der Waals surface area contributed by atoms with Crippen LogP contribution in [0.2, 0.25) is 0 Å². The molecule has 1 fully saturated rings. The lowest BCUT2D eigenvalue weighted by Gasteiger charge is -2.17. The summed E-state index contributed by atoms with van der Waals surface area (Å²) in [6, 6.07) is 6.40. The fraction of sp³-hybridized carbons (Fsp3) is 0.533. The predicted octanol–water partition coefficient (Wildman–Crippen LogP) is 2.19. The van der Waals surface area contributed by atoms with Crippen molar-refractivity contribution in [2.24, 2.45) is 0 Å². The third kappa shape index (κ3) is 3.93. The zero-order valence-corrected chi connectivity index (χ0v) is 11.7. The van der Waals surface area contributed by atoms with Crippen molar-refractivity contribution in [1.82, 2.24) is 10.6 Å². The number of ether oxygens (including phenoxy) is 1. The van der Waals surface area contributed by atoms with Gasteiger partial charge >= 0.3 is 6.03 Å². The molecule has 0 aromatic heterocycles. The van der Waals surface area contributed by atoms with Crippen molar-refractivity contribution < 1.29 is 13.9 Å². The molecule has 0 radical (unpaired) electrons. The van der Waals surface area contributed by atoms with Crippen LogP contribution in [0.15, 0.2) is 24.3 Å². The minimum atomic E-state index is -0.228. The highest BCUT2D eigenvalue weighted by Crippen LogP contribution is 2.47. The number of rotatable bonds is 7. The first-order valence-corrected chi connectivity index (χ1v) is 6.93. The molecule has 0 unspecified atom stereocenters. The van der Waals surface area contributed by atoms with Crippen LogP contribution in [0.5, 0.6) is 0 Å². The van der Waals surface area contributed by atoms with Crippen LogP contribution in [0, 0.1) is 5.82 Å². The largest absolute Gasteiger partial charge is 0.385 e. The highest BCUT2D eigenvalue weighted by molar-refractivity contribution is 5.74. The highest BCUT2D eigenvalue weighted by atomic mass is 19.1. The first kappa shape index (κ1) is 14.8. The molecule has 1 aromatic rings. The summed E-state index contributed by atoms with van der Waals surface area (Å²) < 4.78 is 17.8. The van der Waals surface area contributed by atoms with E-state index < -0.39 is 0 Å². The van der Waals surface area contributed by atoms with E-state index in [1.807, 2.05) is 0 Å². The zero-order valence-electron chi connectivity index (χ0n) is 11.7. The molecule has 1 saturated carbocycles.